The fraction of sp³-hybridized carbons (Fsp3) is 0.237. The van der Waals surface area contributed by atoms with Crippen molar-refractivity contribution in [2.75, 3.05) is 0 Å². The van der Waals surface area contributed by atoms with Crippen LogP contribution >= 0.6 is 0 Å². The number of nitrogens with zero attached hydrogens (tertiary/aromatic N) is 3. The van der Waals surface area contributed by atoms with Crippen LogP contribution in [0.5, 0.6) is 0 Å². The standard InChI is InChI=1S/C24H29N3.2C7H7.Hf/c1-17(2)20-13-10-14-21(18(3)4)23(20)25-24(5,6)22-15-16-27(26-22)19-11-8-7-9-12-19;2*1-7-5-3-2-4-6-7;/h7-11,13-18H,1-6H3;2*2-6H,1H2;/q-2;2*-1;. The summed E-state index contributed by atoms with van der Waals surface area (Å²) >= 11 is 0. The van der Waals surface area contributed by atoms with E-state index >= 15 is 0 Å². The molecule has 0 spiro atoms. The van der Waals surface area contributed by atoms with Gasteiger partial charge in [0.15, 0.2) is 0 Å². The Labute approximate surface area is 273 Å². The molecule has 0 aliphatic carbocycles. The van der Waals surface area contributed by atoms with E-state index in [9.17, 15) is 0 Å². The van der Waals surface area contributed by atoms with Crippen molar-refractivity contribution in [2.45, 2.75) is 58.9 Å². The molecule has 0 N–H and O–H groups in total. The summed E-state index contributed by atoms with van der Waals surface area (Å²) in [5.41, 5.74) is 7.32. The first-order chi connectivity index (χ1) is 19.6. The fourth-order valence-corrected chi connectivity index (χ4v) is 4.24. The monoisotopic (exact) mass is 721 g/mol. The number of benzene rings is 4. The third-order valence-electron chi connectivity index (χ3n) is 6.57. The van der Waals surface area contributed by atoms with Gasteiger partial charge in [-0.15, -0.1) is 36.0 Å². The number of hydrogen-bond donors (Lipinski definition) is 0. The van der Waals surface area contributed by atoms with E-state index < -0.39 is 5.54 Å². The molecule has 0 radical (unpaired) electrons. The van der Waals surface area contributed by atoms with Gasteiger partial charge < -0.3 is 5.32 Å². The molecule has 0 unspecified atom stereocenters. The maximum Gasteiger partial charge on any atom is 0.0509 e. The van der Waals surface area contributed by atoms with Crippen LogP contribution in [0.4, 0.5) is 5.69 Å². The van der Waals surface area contributed by atoms with Crippen LogP contribution in [0, 0.1) is 19.9 Å². The predicted molar refractivity (Wildman–Crippen MR) is 175 cm³/mol. The third-order valence-corrected chi connectivity index (χ3v) is 6.57. The summed E-state index contributed by atoms with van der Waals surface area (Å²) in [7, 11) is 0. The van der Waals surface area contributed by atoms with Gasteiger partial charge in [-0.1, -0.05) is 88.5 Å². The Morgan fingerprint density at radius 2 is 1.19 bits per heavy atom. The van der Waals surface area contributed by atoms with Gasteiger partial charge >= 0.3 is 0 Å². The van der Waals surface area contributed by atoms with Crippen molar-refractivity contribution in [3.8, 4) is 5.69 Å². The van der Waals surface area contributed by atoms with E-state index in [2.05, 4.69) is 85.7 Å². The Morgan fingerprint density at radius 1 is 0.690 bits per heavy atom. The normalized spacial score (nSPS) is 10.6. The molecule has 1 aromatic heterocycles. The first-order valence-electron chi connectivity index (χ1n) is 14.2. The molecule has 3 nitrogen and oxygen atoms in total. The zero-order chi connectivity index (χ0) is 29.8. The van der Waals surface area contributed by atoms with Gasteiger partial charge in [-0.05, 0) is 23.6 Å². The summed E-state index contributed by atoms with van der Waals surface area (Å²) in [6.45, 7) is 20.6. The molecule has 218 valence electrons. The molecule has 4 heteroatoms. The summed E-state index contributed by atoms with van der Waals surface area (Å²) in [5, 5.41) is 10.0. The van der Waals surface area contributed by atoms with E-state index in [-0.39, 0.29) is 25.8 Å². The van der Waals surface area contributed by atoms with Crippen LogP contribution in [0.2, 0.25) is 0 Å². The van der Waals surface area contributed by atoms with Crippen LogP contribution in [0.25, 0.3) is 11.0 Å². The topological polar surface area (TPSA) is 31.9 Å². The second-order valence-corrected chi connectivity index (χ2v) is 11.1. The second kappa shape index (κ2) is 16.8. The summed E-state index contributed by atoms with van der Waals surface area (Å²) in [6, 6.07) is 39.4. The van der Waals surface area contributed by atoms with E-state index in [0.29, 0.717) is 11.8 Å². The molecule has 1 heterocycles. The Morgan fingerprint density at radius 3 is 1.60 bits per heavy atom. The molecule has 0 saturated heterocycles. The maximum atomic E-state index is 5.22. The van der Waals surface area contributed by atoms with Crippen molar-refractivity contribution in [3.63, 3.8) is 0 Å². The SMILES string of the molecule is CC(C)c1cccc(C(C)C)c1[N-]C(C)(C)c1ccn(-c2[c-]cccc2)n1.[CH2-]c1ccccc1.[CH2-]c1ccccc1.[Hf]. The van der Waals surface area contributed by atoms with Gasteiger partial charge in [0.25, 0.3) is 0 Å². The molecular formula is C38H43HfN3-4. The Balaban J connectivity index is 0.000000334. The molecular weight excluding hydrogens is 677 g/mol. The molecule has 5 aromatic rings. The summed E-state index contributed by atoms with van der Waals surface area (Å²) in [4.78, 5) is 0. The average molecular weight is 720 g/mol. The molecule has 0 aliphatic rings. The largest absolute Gasteiger partial charge is 0.674 e. The van der Waals surface area contributed by atoms with E-state index in [1.165, 1.54) is 11.1 Å². The molecule has 4 aromatic carbocycles. The number of aromatic nitrogens is 2. The van der Waals surface area contributed by atoms with Crippen LogP contribution in [-0.2, 0) is 31.4 Å². The van der Waals surface area contributed by atoms with Crippen molar-refractivity contribution in [1.82, 2.24) is 9.78 Å². The first kappa shape index (κ1) is 34.7. The molecule has 0 amide bonds. The Hall–Kier alpha value is -3.50. The van der Waals surface area contributed by atoms with Crippen molar-refractivity contribution >= 4 is 5.69 Å². The molecule has 0 bridgehead atoms. The van der Waals surface area contributed by atoms with Gasteiger partial charge in [-0.3, -0.25) is 4.68 Å². The smallest absolute Gasteiger partial charge is 0.0509 e. The zero-order valence-corrected chi connectivity index (χ0v) is 29.5. The van der Waals surface area contributed by atoms with Gasteiger partial charge in [0.05, 0.1) is 5.69 Å². The Bertz CT molecular complexity index is 1380. The third kappa shape index (κ3) is 10.4. The van der Waals surface area contributed by atoms with Crippen molar-refractivity contribution in [1.29, 1.82) is 0 Å². The minimum absolute atomic E-state index is 0. The minimum atomic E-state index is -0.422. The predicted octanol–water partition coefficient (Wildman–Crippen LogP) is 10.6. The summed E-state index contributed by atoms with van der Waals surface area (Å²) < 4.78 is 1.87. The maximum absolute atomic E-state index is 5.22. The van der Waals surface area contributed by atoms with Crippen LogP contribution < -0.4 is 0 Å². The van der Waals surface area contributed by atoms with Crippen molar-refractivity contribution in [3.05, 3.63) is 169 Å². The van der Waals surface area contributed by atoms with Crippen LogP contribution in [-0.4, -0.2) is 9.78 Å². The molecule has 0 atom stereocenters. The number of rotatable bonds is 6. The first-order valence-corrected chi connectivity index (χ1v) is 14.2. The quantitative estimate of drug-likeness (QED) is 0.127. The van der Waals surface area contributed by atoms with E-state index in [0.717, 1.165) is 28.2 Å². The second-order valence-electron chi connectivity index (χ2n) is 11.1. The summed E-state index contributed by atoms with van der Waals surface area (Å²) in [6.07, 6.45) is 1.98. The van der Waals surface area contributed by atoms with Gasteiger partial charge in [-0.25, -0.2) is 0 Å². The molecule has 0 saturated carbocycles. The minimum Gasteiger partial charge on any atom is -0.674 e. The number of para-hydroxylation sites is 2. The van der Waals surface area contributed by atoms with Crippen molar-refractivity contribution in [2.24, 2.45) is 0 Å². The van der Waals surface area contributed by atoms with Gasteiger partial charge in [0, 0.05) is 32.0 Å². The van der Waals surface area contributed by atoms with Crippen LogP contribution in [0.15, 0.2) is 115 Å². The van der Waals surface area contributed by atoms with E-state index in [1.54, 1.807) is 0 Å². The Kier molecular flexibility index (Phi) is 13.9. The van der Waals surface area contributed by atoms with Crippen molar-refractivity contribution < 1.29 is 25.8 Å². The van der Waals surface area contributed by atoms with Gasteiger partial charge in [0.1, 0.15) is 0 Å². The molecule has 5 rings (SSSR count). The summed E-state index contributed by atoms with van der Waals surface area (Å²) in [5.74, 6) is 0.851. The number of hydrogen-bond acceptors (Lipinski definition) is 1. The van der Waals surface area contributed by atoms with E-state index in [1.807, 2.05) is 95.8 Å². The van der Waals surface area contributed by atoms with Crippen LogP contribution in [0.1, 0.15) is 81.3 Å². The van der Waals surface area contributed by atoms with Gasteiger partial charge in [-0.2, -0.15) is 78.6 Å². The molecule has 0 aliphatic heterocycles. The van der Waals surface area contributed by atoms with Crippen LogP contribution in [0.3, 0.4) is 0 Å². The van der Waals surface area contributed by atoms with E-state index in [4.69, 9.17) is 10.4 Å². The van der Waals surface area contributed by atoms with Gasteiger partial charge in [0.2, 0.25) is 0 Å². The zero-order valence-electron chi connectivity index (χ0n) is 25.9. The average Bonchev–Trinajstić information content (AvgIpc) is 3.47. The molecule has 42 heavy (non-hydrogen) atoms. The fourth-order valence-electron chi connectivity index (χ4n) is 4.24. The molecule has 0 fully saturated rings.